The zero-order chi connectivity index (χ0) is 14.8. The lowest BCUT2D eigenvalue weighted by atomic mass is 10.2. The van der Waals surface area contributed by atoms with E-state index in [2.05, 4.69) is 82.1 Å². The van der Waals surface area contributed by atoms with Crippen LogP contribution in [0.15, 0.2) is 46.9 Å². The molecule has 0 saturated heterocycles. The van der Waals surface area contributed by atoms with Gasteiger partial charge in [0.2, 0.25) is 0 Å². The number of hydrogen-bond donors (Lipinski definition) is 1. The molecule has 0 aliphatic rings. The van der Waals surface area contributed by atoms with Gasteiger partial charge in [0.15, 0.2) is 0 Å². The third-order valence-electron chi connectivity index (χ3n) is 3.61. The molecular weight excluding hydrogens is 326 g/mol. The zero-order valence-electron chi connectivity index (χ0n) is 12.2. The van der Waals surface area contributed by atoms with Crippen LogP contribution in [0.1, 0.15) is 18.3 Å². The summed E-state index contributed by atoms with van der Waals surface area (Å²) in [6.45, 7) is 5.89. The molecule has 3 aromatic rings. The van der Waals surface area contributed by atoms with Crippen molar-refractivity contribution in [2.24, 2.45) is 0 Å². The molecule has 3 nitrogen and oxygen atoms in total. The smallest absolute Gasteiger partial charge is 0.129 e. The Labute approximate surface area is 133 Å². The minimum atomic E-state index is 0.725. The van der Waals surface area contributed by atoms with Gasteiger partial charge in [-0.3, -0.25) is 0 Å². The lowest BCUT2D eigenvalue weighted by Crippen LogP contribution is -2.07. The fourth-order valence-corrected chi connectivity index (χ4v) is 2.84. The number of hydrogen-bond acceptors (Lipinski definition) is 2. The van der Waals surface area contributed by atoms with Crippen LogP contribution in [0.4, 0.5) is 5.69 Å². The van der Waals surface area contributed by atoms with E-state index in [1.54, 1.807) is 0 Å². The second kappa shape index (κ2) is 5.90. The number of benzene rings is 2. The van der Waals surface area contributed by atoms with Crippen LogP contribution < -0.4 is 5.32 Å². The van der Waals surface area contributed by atoms with Crippen molar-refractivity contribution in [3.8, 4) is 0 Å². The third kappa shape index (κ3) is 2.95. The van der Waals surface area contributed by atoms with Crippen molar-refractivity contribution in [1.82, 2.24) is 9.55 Å². The fraction of sp³-hybridized carbons (Fsp3) is 0.235. The normalized spacial score (nSPS) is 11.0. The van der Waals surface area contributed by atoms with Crippen molar-refractivity contribution < 1.29 is 0 Å². The largest absolute Gasteiger partial charge is 0.378 e. The highest BCUT2D eigenvalue weighted by Gasteiger charge is 2.09. The van der Waals surface area contributed by atoms with Crippen molar-refractivity contribution in [1.29, 1.82) is 0 Å². The second-order valence-corrected chi connectivity index (χ2v) is 6.04. The molecule has 0 unspecified atom stereocenters. The van der Waals surface area contributed by atoms with Gasteiger partial charge in [-0.1, -0.05) is 33.6 Å². The monoisotopic (exact) mass is 343 g/mol. The molecular formula is C17H18BrN3. The summed E-state index contributed by atoms with van der Waals surface area (Å²) in [6, 6.07) is 14.7. The topological polar surface area (TPSA) is 29.9 Å². The molecule has 2 aromatic carbocycles. The van der Waals surface area contributed by atoms with Crippen LogP contribution in [-0.2, 0) is 13.1 Å². The molecule has 4 heteroatoms. The number of fused-ring (bicyclic) bond motifs is 1. The van der Waals surface area contributed by atoms with E-state index in [4.69, 9.17) is 4.98 Å². The Balaban J connectivity index is 1.87. The number of halogens is 1. The number of rotatable bonds is 4. The molecule has 1 aromatic heterocycles. The van der Waals surface area contributed by atoms with Crippen molar-refractivity contribution in [3.05, 3.63) is 58.3 Å². The first-order valence-corrected chi connectivity index (χ1v) is 7.92. The minimum Gasteiger partial charge on any atom is -0.378 e. The predicted octanol–water partition coefficient (Wildman–Crippen LogP) is 4.74. The molecule has 0 atom stereocenters. The molecule has 0 radical (unpaired) electrons. The molecule has 0 saturated carbocycles. The first kappa shape index (κ1) is 14.1. The summed E-state index contributed by atoms with van der Waals surface area (Å²) in [4.78, 5) is 4.75. The Bertz CT molecular complexity index is 760. The number of aryl methyl sites for hydroxylation is 2. The maximum absolute atomic E-state index is 4.75. The highest BCUT2D eigenvalue weighted by atomic mass is 79.9. The average molecular weight is 344 g/mol. The van der Waals surface area contributed by atoms with Crippen LogP contribution in [0.3, 0.4) is 0 Å². The Morgan fingerprint density at radius 3 is 2.62 bits per heavy atom. The highest BCUT2D eigenvalue weighted by molar-refractivity contribution is 9.10. The highest BCUT2D eigenvalue weighted by Crippen LogP contribution is 2.21. The summed E-state index contributed by atoms with van der Waals surface area (Å²) in [5.74, 6) is 1.06. The summed E-state index contributed by atoms with van der Waals surface area (Å²) in [5, 5.41) is 3.44. The number of imidazole rings is 1. The van der Waals surface area contributed by atoms with Crippen LogP contribution >= 0.6 is 15.9 Å². The summed E-state index contributed by atoms with van der Waals surface area (Å²) in [7, 11) is 0. The van der Waals surface area contributed by atoms with Gasteiger partial charge in [-0.15, -0.1) is 0 Å². The van der Waals surface area contributed by atoms with Crippen LogP contribution in [0.5, 0.6) is 0 Å². The van der Waals surface area contributed by atoms with E-state index in [0.29, 0.717) is 0 Å². The summed E-state index contributed by atoms with van der Waals surface area (Å²) < 4.78 is 3.32. The summed E-state index contributed by atoms with van der Waals surface area (Å²) in [5.41, 5.74) is 4.61. The van der Waals surface area contributed by atoms with Gasteiger partial charge in [-0.25, -0.2) is 4.98 Å². The third-order valence-corrected chi connectivity index (χ3v) is 4.10. The Morgan fingerprint density at radius 1 is 1.14 bits per heavy atom. The Kier molecular flexibility index (Phi) is 3.97. The van der Waals surface area contributed by atoms with Gasteiger partial charge in [0, 0.05) is 16.7 Å². The molecule has 21 heavy (non-hydrogen) atoms. The molecule has 1 heterocycles. The quantitative estimate of drug-likeness (QED) is 0.741. The first-order valence-electron chi connectivity index (χ1n) is 7.12. The lowest BCUT2D eigenvalue weighted by Gasteiger charge is -2.09. The van der Waals surface area contributed by atoms with Crippen molar-refractivity contribution in [2.75, 3.05) is 5.32 Å². The van der Waals surface area contributed by atoms with Gasteiger partial charge < -0.3 is 9.88 Å². The summed E-state index contributed by atoms with van der Waals surface area (Å²) >= 11 is 3.51. The second-order valence-electron chi connectivity index (χ2n) is 5.12. The van der Waals surface area contributed by atoms with E-state index in [-0.39, 0.29) is 0 Å². The number of nitrogens with one attached hydrogen (secondary N) is 1. The van der Waals surface area contributed by atoms with Crippen molar-refractivity contribution >= 4 is 32.7 Å². The van der Waals surface area contributed by atoms with Gasteiger partial charge in [0.1, 0.15) is 5.82 Å². The first-order chi connectivity index (χ1) is 10.2. The van der Waals surface area contributed by atoms with Crippen LogP contribution in [0.2, 0.25) is 0 Å². The molecule has 0 amide bonds. The molecule has 1 N–H and O–H groups in total. The van der Waals surface area contributed by atoms with E-state index >= 15 is 0 Å². The predicted molar refractivity (Wildman–Crippen MR) is 91.6 cm³/mol. The van der Waals surface area contributed by atoms with Crippen molar-refractivity contribution in [3.63, 3.8) is 0 Å². The van der Waals surface area contributed by atoms with E-state index in [1.165, 1.54) is 11.1 Å². The standard InChI is InChI=1S/C17H18BrN3/c1-3-21-16-9-6-13(18)10-15(16)20-17(21)11-19-14-7-4-12(2)5-8-14/h4-10,19H,3,11H2,1-2H3. The maximum atomic E-state index is 4.75. The average Bonchev–Trinajstić information content (AvgIpc) is 2.83. The van der Waals surface area contributed by atoms with Gasteiger partial charge in [0.25, 0.3) is 0 Å². The van der Waals surface area contributed by atoms with Gasteiger partial charge in [0.05, 0.1) is 17.6 Å². The number of aromatic nitrogens is 2. The van der Waals surface area contributed by atoms with Gasteiger partial charge >= 0.3 is 0 Å². The van der Waals surface area contributed by atoms with E-state index in [0.717, 1.165) is 34.6 Å². The molecule has 0 aliphatic carbocycles. The Morgan fingerprint density at radius 2 is 1.90 bits per heavy atom. The SMILES string of the molecule is CCn1c(CNc2ccc(C)cc2)nc2cc(Br)ccc21. The van der Waals surface area contributed by atoms with E-state index < -0.39 is 0 Å². The van der Waals surface area contributed by atoms with E-state index in [9.17, 15) is 0 Å². The minimum absolute atomic E-state index is 0.725. The summed E-state index contributed by atoms with van der Waals surface area (Å²) in [6.07, 6.45) is 0. The van der Waals surface area contributed by atoms with Gasteiger partial charge in [-0.2, -0.15) is 0 Å². The molecule has 0 fully saturated rings. The van der Waals surface area contributed by atoms with E-state index in [1.807, 2.05) is 0 Å². The molecule has 0 spiro atoms. The molecule has 0 aliphatic heterocycles. The fourth-order valence-electron chi connectivity index (χ4n) is 2.49. The Hall–Kier alpha value is -1.81. The molecule has 108 valence electrons. The molecule has 0 bridgehead atoms. The number of nitrogens with zero attached hydrogens (tertiary/aromatic N) is 2. The lowest BCUT2D eigenvalue weighted by molar-refractivity contribution is 0.729. The van der Waals surface area contributed by atoms with Gasteiger partial charge in [-0.05, 0) is 44.2 Å². The number of anilines is 1. The molecule has 3 rings (SSSR count). The maximum Gasteiger partial charge on any atom is 0.129 e. The zero-order valence-corrected chi connectivity index (χ0v) is 13.8. The van der Waals surface area contributed by atoms with Crippen molar-refractivity contribution in [2.45, 2.75) is 26.9 Å². The van der Waals surface area contributed by atoms with Crippen LogP contribution in [-0.4, -0.2) is 9.55 Å². The van der Waals surface area contributed by atoms with Crippen LogP contribution in [0.25, 0.3) is 11.0 Å². The van der Waals surface area contributed by atoms with Crippen LogP contribution in [0, 0.1) is 6.92 Å².